The monoisotopic (exact) mass is 516 g/mol. The number of amides is 3. The number of rotatable bonds is 7. The zero-order valence-corrected chi connectivity index (χ0v) is 22.6. The lowest BCUT2D eigenvalue weighted by molar-refractivity contribution is -0.140. The summed E-state index contributed by atoms with van der Waals surface area (Å²) in [5.74, 6) is -0.192. The first-order valence-corrected chi connectivity index (χ1v) is 14.1. The molecule has 2 fully saturated rings. The lowest BCUT2D eigenvalue weighted by atomic mass is 9.86. The zero-order valence-electron chi connectivity index (χ0n) is 22.6. The van der Waals surface area contributed by atoms with E-state index in [0.29, 0.717) is 26.1 Å². The lowest BCUT2D eigenvalue weighted by Crippen LogP contribution is -2.56. The molecule has 2 unspecified atom stereocenters. The maximum atomic E-state index is 14.0. The molecule has 3 aliphatic rings. The summed E-state index contributed by atoms with van der Waals surface area (Å²) in [6, 6.07) is 18.2. The number of nitrogens with zero attached hydrogens (tertiary/aromatic N) is 3. The van der Waals surface area contributed by atoms with Gasteiger partial charge in [-0.3, -0.25) is 19.3 Å². The van der Waals surface area contributed by atoms with Crippen LogP contribution in [0.2, 0.25) is 0 Å². The Kier molecular flexibility index (Phi) is 7.57. The minimum Gasteiger partial charge on any atom is -0.369 e. The van der Waals surface area contributed by atoms with Gasteiger partial charge < -0.3 is 15.5 Å². The number of para-hydroxylation sites is 1. The molecule has 2 aromatic rings. The molecule has 0 radical (unpaired) electrons. The van der Waals surface area contributed by atoms with Gasteiger partial charge in [0.15, 0.2) is 0 Å². The third-order valence-corrected chi connectivity index (χ3v) is 8.86. The molecule has 0 bridgehead atoms. The first-order valence-electron chi connectivity index (χ1n) is 14.1. The molecule has 0 spiro atoms. The number of aryl methyl sites for hydroxylation is 1. The number of anilines is 1. The topological polar surface area (TPSA) is 87.0 Å². The highest BCUT2D eigenvalue weighted by atomic mass is 16.2. The predicted octanol–water partition coefficient (Wildman–Crippen LogP) is 3.50. The Labute approximate surface area is 226 Å². The van der Waals surface area contributed by atoms with Crippen LogP contribution in [-0.2, 0) is 26.2 Å². The van der Waals surface area contributed by atoms with Crippen LogP contribution < -0.4 is 10.6 Å². The number of benzene rings is 2. The quantitative estimate of drug-likeness (QED) is 0.610. The molecule has 7 heteroatoms. The first kappa shape index (κ1) is 26.4. The van der Waals surface area contributed by atoms with Gasteiger partial charge in [-0.05, 0) is 76.1 Å². The number of carbonyl (C=O) groups excluding carboxylic acids is 3. The number of likely N-dealkylation sites (tertiary alicyclic amines) is 2. The minimum absolute atomic E-state index is 0.0893. The summed E-state index contributed by atoms with van der Waals surface area (Å²) in [4.78, 5) is 45.5. The van der Waals surface area contributed by atoms with Crippen LogP contribution in [-0.4, -0.2) is 65.8 Å². The highest BCUT2D eigenvalue weighted by molar-refractivity contribution is 6.08. The van der Waals surface area contributed by atoms with Crippen molar-refractivity contribution in [1.29, 1.82) is 0 Å². The Morgan fingerprint density at radius 3 is 2.37 bits per heavy atom. The van der Waals surface area contributed by atoms with E-state index in [-0.39, 0.29) is 35.7 Å². The van der Waals surface area contributed by atoms with Crippen LogP contribution in [0.1, 0.15) is 57.1 Å². The van der Waals surface area contributed by atoms with E-state index >= 15 is 0 Å². The molecular formula is C31H40N4O3. The fraction of sp³-hybridized carbons (Fsp3) is 0.516. The average molecular weight is 517 g/mol. The van der Waals surface area contributed by atoms with E-state index in [1.807, 2.05) is 60.0 Å². The van der Waals surface area contributed by atoms with Gasteiger partial charge in [0.25, 0.3) is 0 Å². The Morgan fingerprint density at radius 2 is 1.66 bits per heavy atom. The molecule has 7 nitrogen and oxygen atoms in total. The van der Waals surface area contributed by atoms with Crippen LogP contribution in [0.5, 0.6) is 0 Å². The standard InChI is InChI=1S/C31H40N4O3/c1-31(2)25-12-6-7-13-26(25)35(30(31)38)24-16-19-33(20-17-24)29(37)27(15-14-22-9-4-3-5-10-22)34-18-8-11-23(21-34)28(32)36/h3-7,9-10,12-13,23-24,27H,8,11,14-21H2,1-2H3,(H2,32,36). The summed E-state index contributed by atoms with van der Waals surface area (Å²) in [5.41, 5.74) is 8.43. The maximum Gasteiger partial charge on any atom is 0.239 e. The van der Waals surface area contributed by atoms with Crippen molar-refractivity contribution in [1.82, 2.24) is 9.80 Å². The van der Waals surface area contributed by atoms with Gasteiger partial charge in [0.2, 0.25) is 17.7 Å². The van der Waals surface area contributed by atoms with E-state index in [1.54, 1.807) is 0 Å². The van der Waals surface area contributed by atoms with E-state index in [2.05, 4.69) is 23.1 Å². The third-order valence-electron chi connectivity index (χ3n) is 8.86. The van der Waals surface area contributed by atoms with Crippen LogP contribution in [0, 0.1) is 5.92 Å². The maximum absolute atomic E-state index is 14.0. The molecule has 0 aromatic heterocycles. The third kappa shape index (κ3) is 5.08. The molecule has 0 aliphatic carbocycles. The van der Waals surface area contributed by atoms with Crippen molar-refractivity contribution in [3.63, 3.8) is 0 Å². The summed E-state index contributed by atoms with van der Waals surface area (Å²) in [7, 11) is 0. The summed E-state index contributed by atoms with van der Waals surface area (Å²) in [6.07, 6.45) is 4.70. The number of hydrogen-bond acceptors (Lipinski definition) is 4. The van der Waals surface area contributed by atoms with Gasteiger partial charge >= 0.3 is 0 Å². The van der Waals surface area contributed by atoms with Crippen LogP contribution in [0.25, 0.3) is 0 Å². The van der Waals surface area contributed by atoms with E-state index in [1.165, 1.54) is 5.56 Å². The van der Waals surface area contributed by atoms with Crippen molar-refractivity contribution < 1.29 is 14.4 Å². The number of piperidine rings is 2. The zero-order chi connectivity index (χ0) is 26.9. The average Bonchev–Trinajstić information content (AvgIpc) is 3.14. The van der Waals surface area contributed by atoms with Gasteiger partial charge in [-0.2, -0.15) is 0 Å². The van der Waals surface area contributed by atoms with Gasteiger partial charge in [-0.15, -0.1) is 0 Å². The van der Waals surface area contributed by atoms with Crippen LogP contribution in [0.4, 0.5) is 5.69 Å². The SMILES string of the molecule is CC1(C)C(=O)N(C2CCN(C(=O)C(CCc3ccccc3)N3CCCC(C(N)=O)C3)CC2)c2ccccc21. The number of fused-ring (bicyclic) bond motifs is 1. The normalized spacial score (nSPS) is 22.8. The first-order chi connectivity index (χ1) is 18.3. The molecule has 0 saturated carbocycles. The predicted molar refractivity (Wildman–Crippen MR) is 149 cm³/mol. The van der Waals surface area contributed by atoms with Crippen molar-refractivity contribution in [2.24, 2.45) is 11.7 Å². The molecule has 2 N–H and O–H groups in total. The summed E-state index contributed by atoms with van der Waals surface area (Å²) >= 11 is 0. The van der Waals surface area contributed by atoms with Crippen molar-refractivity contribution >= 4 is 23.4 Å². The van der Waals surface area contributed by atoms with Gasteiger partial charge in [0.1, 0.15) is 0 Å². The number of nitrogens with two attached hydrogens (primary N) is 1. The summed E-state index contributed by atoms with van der Waals surface area (Å²) in [5, 5.41) is 0. The van der Waals surface area contributed by atoms with Crippen molar-refractivity contribution in [2.45, 2.75) is 69.9 Å². The van der Waals surface area contributed by atoms with E-state index in [4.69, 9.17) is 5.73 Å². The van der Waals surface area contributed by atoms with Gasteiger partial charge in [0.05, 0.1) is 17.4 Å². The Hall–Kier alpha value is -3.19. The van der Waals surface area contributed by atoms with Gasteiger partial charge in [-0.1, -0.05) is 48.5 Å². The van der Waals surface area contributed by atoms with Gasteiger partial charge in [-0.25, -0.2) is 0 Å². The smallest absolute Gasteiger partial charge is 0.239 e. The molecule has 3 heterocycles. The number of primary amides is 1. The molecule has 3 aliphatic heterocycles. The Morgan fingerprint density at radius 1 is 0.974 bits per heavy atom. The van der Waals surface area contributed by atoms with E-state index < -0.39 is 5.41 Å². The fourth-order valence-corrected chi connectivity index (χ4v) is 6.59. The summed E-state index contributed by atoms with van der Waals surface area (Å²) < 4.78 is 0. The minimum atomic E-state index is -0.530. The number of carbonyl (C=O) groups is 3. The highest BCUT2D eigenvalue weighted by Gasteiger charge is 2.47. The molecule has 2 aromatic carbocycles. The highest BCUT2D eigenvalue weighted by Crippen LogP contribution is 2.43. The van der Waals surface area contributed by atoms with E-state index in [9.17, 15) is 14.4 Å². The Balaban J connectivity index is 1.29. The van der Waals surface area contributed by atoms with Gasteiger partial charge in [0, 0.05) is 31.4 Å². The molecule has 2 saturated heterocycles. The second-order valence-electron chi connectivity index (χ2n) is 11.7. The molecular weight excluding hydrogens is 476 g/mol. The largest absolute Gasteiger partial charge is 0.369 e. The van der Waals surface area contributed by atoms with Crippen molar-refractivity contribution in [3.05, 3.63) is 65.7 Å². The molecule has 5 rings (SSSR count). The second kappa shape index (κ2) is 10.9. The summed E-state index contributed by atoms with van der Waals surface area (Å²) in [6.45, 7) is 6.62. The molecule has 3 amide bonds. The molecule has 38 heavy (non-hydrogen) atoms. The molecule has 2 atom stereocenters. The fourth-order valence-electron chi connectivity index (χ4n) is 6.59. The molecule has 202 valence electrons. The van der Waals surface area contributed by atoms with Crippen molar-refractivity contribution in [3.8, 4) is 0 Å². The van der Waals surface area contributed by atoms with Crippen LogP contribution in [0.3, 0.4) is 0 Å². The second-order valence-corrected chi connectivity index (χ2v) is 11.7. The number of hydrogen-bond donors (Lipinski definition) is 1. The van der Waals surface area contributed by atoms with Crippen molar-refractivity contribution in [2.75, 3.05) is 31.1 Å². The van der Waals surface area contributed by atoms with Crippen LogP contribution in [0.15, 0.2) is 54.6 Å². The lowest BCUT2D eigenvalue weighted by Gasteiger charge is -2.42. The van der Waals surface area contributed by atoms with E-state index in [0.717, 1.165) is 49.9 Å². The Bertz CT molecular complexity index is 1170. The van der Waals surface area contributed by atoms with Crippen LogP contribution >= 0.6 is 0 Å².